The van der Waals surface area contributed by atoms with E-state index in [0.717, 1.165) is 5.56 Å². The van der Waals surface area contributed by atoms with Crippen LogP contribution in [0.4, 0.5) is 0 Å². The number of thiocarbonyl (C=S) groups is 1. The lowest BCUT2D eigenvalue weighted by Crippen LogP contribution is -2.61. The molecule has 0 spiro atoms. The molecule has 1 aliphatic rings. The highest BCUT2D eigenvalue weighted by Crippen LogP contribution is 2.27. The highest BCUT2D eigenvalue weighted by Gasteiger charge is 2.47. The molecule has 1 fully saturated rings. The fourth-order valence-electron chi connectivity index (χ4n) is 2.75. The van der Waals surface area contributed by atoms with Gasteiger partial charge in [-0.05, 0) is 31.2 Å². The van der Waals surface area contributed by atoms with Crippen LogP contribution in [0.5, 0.6) is 11.5 Å². The summed E-state index contributed by atoms with van der Waals surface area (Å²) < 4.78 is 22.3. The van der Waals surface area contributed by atoms with Crippen molar-refractivity contribution >= 4 is 17.5 Å². The first-order valence-corrected chi connectivity index (χ1v) is 9.18. The molecule has 0 unspecified atom stereocenters. The SMILES string of the molecule is Cc1ccc(OC(=S)O[C@H]2[C@@H](Oc3ccccc3)O[C@H](CO)[C@@H](O)[C@@H]2O)cc1. The van der Waals surface area contributed by atoms with Gasteiger partial charge >= 0.3 is 5.24 Å². The summed E-state index contributed by atoms with van der Waals surface area (Å²) in [5.74, 6) is 0.933. The monoisotopic (exact) mass is 406 g/mol. The van der Waals surface area contributed by atoms with Gasteiger partial charge in [0.2, 0.25) is 6.29 Å². The summed E-state index contributed by atoms with van der Waals surface area (Å²) in [5, 5.41) is 29.8. The van der Waals surface area contributed by atoms with Gasteiger partial charge in [0.1, 0.15) is 29.8 Å². The van der Waals surface area contributed by atoms with E-state index in [1.54, 1.807) is 36.4 Å². The number of aryl methyl sites for hydroxylation is 1. The Labute approximate surface area is 168 Å². The topological polar surface area (TPSA) is 97.6 Å². The van der Waals surface area contributed by atoms with Crippen molar-refractivity contribution < 1.29 is 34.3 Å². The van der Waals surface area contributed by atoms with E-state index in [1.807, 2.05) is 25.1 Å². The Balaban J connectivity index is 1.73. The van der Waals surface area contributed by atoms with Crippen LogP contribution in [0.15, 0.2) is 54.6 Å². The third kappa shape index (κ3) is 4.98. The second kappa shape index (κ2) is 9.31. The zero-order chi connectivity index (χ0) is 20.1. The number of aliphatic hydroxyl groups excluding tert-OH is 3. The minimum atomic E-state index is -1.42. The Morgan fingerprint density at radius 3 is 2.32 bits per heavy atom. The van der Waals surface area contributed by atoms with Gasteiger partial charge in [-0.3, -0.25) is 0 Å². The van der Waals surface area contributed by atoms with Crippen molar-refractivity contribution in [3.63, 3.8) is 0 Å². The van der Waals surface area contributed by atoms with Crippen molar-refractivity contribution in [3.8, 4) is 11.5 Å². The van der Waals surface area contributed by atoms with Crippen LogP contribution in [0.2, 0.25) is 0 Å². The molecule has 1 heterocycles. The van der Waals surface area contributed by atoms with Crippen molar-refractivity contribution in [1.29, 1.82) is 0 Å². The second-order valence-corrected chi connectivity index (χ2v) is 6.72. The molecule has 5 atom stereocenters. The largest absolute Gasteiger partial charge is 0.461 e. The second-order valence-electron chi connectivity index (χ2n) is 6.39. The van der Waals surface area contributed by atoms with Gasteiger partial charge in [0.15, 0.2) is 6.10 Å². The molecule has 1 aliphatic heterocycles. The Morgan fingerprint density at radius 2 is 1.68 bits per heavy atom. The molecule has 1 saturated heterocycles. The Morgan fingerprint density at radius 1 is 1.00 bits per heavy atom. The van der Waals surface area contributed by atoms with Crippen molar-refractivity contribution in [3.05, 3.63) is 60.2 Å². The van der Waals surface area contributed by atoms with Crippen LogP contribution in [0.25, 0.3) is 0 Å². The molecular formula is C20H22O7S. The van der Waals surface area contributed by atoms with Crippen molar-refractivity contribution in [2.45, 2.75) is 37.6 Å². The molecule has 3 rings (SSSR count). The smallest absolute Gasteiger partial charge is 0.358 e. The molecule has 150 valence electrons. The quantitative estimate of drug-likeness (QED) is 0.644. The number of hydrogen-bond donors (Lipinski definition) is 3. The Bertz CT molecular complexity index is 768. The number of rotatable bonds is 5. The summed E-state index contributed by atoms with van der Waals surface area (Å²) in [5.41, 5.74) is 1.06. The number of ether oxygens (including phenoxy) is 4. The molecule has 0 aliphatic carbocycles. The molecule has 0 saturated carbocycles. The molecule has 0 aromatic heterocycles. The maximum Gasteiger partial charge on any atom is 0.358 e. The van der Waals surface area contributed by atoms with Crippen molar-refractivity contribution in [1.82, 2.24) is 0 Å². The molecule has 2 aromatic carbocycles. The Hall–Kier alpha value is -2.23. The molecule has 0 bridgehead atoms. The minimum absolute atomic E-state index is 0.257. The van der Waals surface area contributed by atoms with Crippen molar-refractivity contribution in [2.24, 2.45) is 0 Å². The summed E-state index contributed by atoms with van der Waals surface area (Å²) in [4.78, 5) is 0. The molecule has 7 nitrogen and oxygen atoms in total. The van der Waals surface area contributed by atoms with E-state index in [-0.39, 0.29) is 5.24 Å². The van der Waals surface area contributed by atoms with Gasteiger partial charge in [0.25, 0.3) is 0 Å². The van der Waals surface area contributed by atoms with Crippen molar-refractivity contribution in [2.75, 3.05) is 6.61 Å². The lowest BCUT2D eigenvalue weighted by Gasteiger charge is -2.41. The first-order valence-electron chi connectivity index (χ1n) is 8.77. The van der Waals surface area contributed by atoms with Crippen LogP contribution in [0, 0.1) is 6.92 Å². The third-order valence-corrected chi connectivity index (χ3v) is 4.45. The van der Waals surface area contributed by atoms with E-state index < -0.39 is 37.3 Å². The first kappa shape index (κ1) is 20.5. The number of benzene rings is 2. The normalized spacial score (nSPS) is 27.1. The van der Waals surface area contributed by atoms with Crippen LogP contribution in [-0.4, -0.2) is 57.9 Å². The number of para-hydroxylation sites is 1. The maximum absolute atomic E-state index is 10.5. The fourth-order valence-corrected chi connectivity index (χ4v) is 2.95. The van der Waals surface area contributed by atoms with Gasteiger partial charge in [0.05, 0.1) is 6.61 Å². The summed E-state index contributed by atoms with van der Waals surface area (Å²) in [6, 6.07) is 15.9. The Kier molecular flexibility index (Phi) is 6.82. The number of hydrogen-bond acceptors (Lipinski definition) is 8. The van der Waals surface area contributed by atoms with Crippen LogP contribution < -0.4 is 9.47 Å². The molecular weight excluding hydrogens is 384 g/mol. The van der Waals surface area contributed by atoms with Gasteiger partial charge in [-0.1, -0.05) is 35.9 Å². The summed E-state index contributed by atoms with van der Waals surface area (Å²) >= 11 is 5.12. The third-order valence-electron chi connectivity index (χ3n) is 4.27. The van der Waals surface area contributed by atoms with E-state index in [2.05, 4.69) is 0 Å². The standard InChI is InChI=1S/C20H22O7S/c1-12-7-9-14(10-8-12)25-20(28)27-18-17(23)16(22)15(11-21)26-19(18)24-13-5-3-2-4-6-13/h2-10,15-19,21-23H,11H2,1H3/t15-,16-,17+,18-,19+/m1/s1. The van der Waals surface area contributed by atoms with Crippen LogP contribution in [0.3, 0.4) is 0 Å². The predicted octanol–water partition coefficient (Wildman–Crippen LogP) is 1.56. The minimum Gasteiger partial charge on any atom is -0.461 e. The number of aliphatic hydroxyl groups is 3. The molecule has 0 radical (unpaired) electrons. The van der Waals surface area contributed by atoms with Gasteiger partial charge in [0, 0.05) is 12.2 Å². The highest BCUT2D eigenvalue weighted by molar-refractivity contribution is 7.79. The van der Waals surface area contributed by atoms with Crippen LogP contribution >= 0.6 is 12.2 Å². The average molecular weight is 406 g/mol. The first-order chi connectivity index (χ1) is 13.5. The maximum atomic E-state index is 10.5. The van der Waals surface area contributed by atoms with Crippen LogP contribution in [0.1, 0.15) is 5.56 Å². The lowest BCUT2D eigenvalue weighted by molar-refractivity contribution is -0.275. The van der Waals surface area contributed by atoms with E-state index in [1.165, 1.54) is 0 Å². The summed E-state index contributed by atoms with van der Waals surface area (Å²) in [7, 11) is 0. The van der Waals surface area contributed by atoms with E-state index >= 15 is 0 Å². The molecule has 8 heteroatoms. The molecule has 2 aromatic rings. The van der Waals surface area contributed by atoms with E-state index in [4.69, 9.17) is 31.2 Å². The summed E-state index contributed by atoms with van der Waals surface area (Å²) in [6.45, 7) is 1.45. The molecule has 28 heavy (non-hydrogen) atoms. The zero-order valence-electron chi connectivity index (χ0n) is 15.2. The average Bonchev–Trinajstić information content (AvgIpc) is 2.70. The highest BCUT2D eigenvalue weighted by atomic mass is 32.1. The summed E-state index contributed by atoms with van der Waals surface area (Å²) in [6.07, 6.45) is -6.13. The van der Waals surface area contributed by atoms with E-state index in [9.17, 15) is 15.3 Å². The molecule has 3 N–H and O–H groups in total. The van der Waals surface area contributed by atoms with Gasteiger partial charge < -0.3 is 34.3 Å². The van der Waals surface area contributed by atoms with Gasteiger partial charge in [-0.2, -0.15) is 0 Å². The predicted molar refractivity (Wildman–Crippen MR) is 104 cm³/mol. The van der Waals surface area contributed by atoms with Gasteiger partial charge in [-0.15, -0.1) is 0 Å². The fraction of sp³-hybridized carbons (Fsp3) is 0.350. The van der Waals surface area contributed by atoms with Gasteiger partial charge in [-0.25, -0.2) is 0 Å². The lowest BCUT2D eigenvalue weighted by atomic mass is 9.99. The van der Waals surface area contributed by atoms with E-state index in [0.29, 0.717) is 11.5 Å². The molecule has 0 amide bonds. The van der Waals surface area contributed by atoms with Crippen LogP contribution in [-0.2, 0) is 9.47 Å². The zero-order valence-corrected chi connectivity index (χ0v) is 16.0.